The standard InChI is InChI=1S/C16H27N3O.HI/c1-5-17-16(18-10-13(2)3)19-11-14-7-6-8-15(9-14)12-20-4;/h6-9,13H,5,10-12H2,1-4H3,(H2,17,18,19);1H. The molecular weight excluding hydrogens is 377 g/mol. The first kappa shape index (κ1) is 20.2. The first-order valence-electron chi connectivity index (χ1n) is 7.24. The van der Waals surface area contributed by atoms with Crippen molar-refractivity contribution in [2.75, 3.05) is 20.2 Å². The Labute approximate surface area is 145 Å². The van der Waals surface area contributed by atoms with Crippen molar-refractivity contribution >= 4 is 29.9 Å². The van der Waals surface area contributed by atoms with E-state index in [0.29, 0.717) is 19.1 Å². The Kier molecular flexibility index (Phi) is 11.3. The van der Waals surface area contributed by atoms with Gasteiger partial charge in [-0.1, -0.05) is 38.1 Å². The van der Waals surface area contributed by atoms with Crippen LogP contribution in [0, 0.1) is 5.92 Å². The average Bonchev–Trinajstić information content (AvgIpc) is 2.42. The Morgan fingerprint density at radius 1 is 1.24 bits per heavy atom. The minimum Gasteiger partial charge on any atom is -0.380 e. The molecule has 0 amide bonds. The van der Waals surface area contributed by atoms with E-state index in [1.54, 1.807) is 7.11 Å². The summed E-state index contributed by atoms with van der Waals surface area (Å²) in [5, 5.41) is 6.61. The van der Waals surface area contributed by atoms with Crippen LogP contribution in [0.4, 0.5) is 0 Å². The van der Waals surface area contributed by atoms with Crippen molar-refractivity contribution in [2.45, 2.75) is 33.9 Å². The van der Waals surface area contributed by atoms with Crippen molar-refractivity contribution in [3.8, 4) is 0 Å². The van der Waals surface area contributed by atoms with Gasteiger partial charge in [-0.25, -0.2) is 4.99 Å². The quantitative estimate of drug-likeness (QED) is 0.416. The van der Waals surface area contributed by atoms with E-state index in [4.69, 9.17) is 4.74 Å². The molecule has 0 heterocycles. The fourth-order valence-corrected chi connectivity index (χ4v) is 1.80. The molecule has 1 aromatic rings. The van der Waals surface area contributed by atoms with Gasteiger partial charge in [-0.2, -0.15) is 0 Å². The molecule has 0 aliphatic rings. The van der Waals surface area contributed by atoms with Crippen molar-refractivity contribution in [1.29, 1.82) is 0 Å². The fraction of sp³-hybridized carbons (Fsp3) is 0.562. The van der Waals surface area contributed by atoms with E-state index in [-0.39, 0.29) is 24.0 Å². The third-order valence-electron chi connectivity index (χ3n) is 2.74. The zero-order chi connectivity index (χ0) is 14.8. The predicted octanol–water partition coefficient (Wildman–Crippen LogP) is 3.16. The summed E-state index contributed by atoms with van der Waals surface area (Å²) < 4.78 is 5.15. The predicted molar refractivity (Wildman–Crippen MR) is 100 cm³/mol. The maximum Gasteiger partial charge on any atom is 0.191 e. The molecule has 21 heavy (non-hydrogen) atoms. The molecule has 0 spiro atoms. The molecule has 120 valence electrons. The lowest BCUT2D eigenvalue weighted by molar-refractivity contribution is 0.185. The number of ether oxygens (including phenoxy) is 1. The lowest BCUT2D eigenvalue weighted by atomic mass is 10.1. The van der Waals surface area contributed by atoms with Gasteiger partial charge in [0.2, 0.25) is 0 Å². The number of aliphatic imine (C=N–C) groups is 1. The van der Waals surface area contributed by atoms with Gasteiger partial charge in [-0.15, -0.1) is 24.0 Å². The van der Waals surface area contributed by atoms with Gasteiger partial charge in [-0.05, 0) is 24.0 Å². The van der Waals surface area contributed by atoms with E-state index in [1.807, 2.05) is 6.07 Å². The maximum atomic E-state index is 5.15. The third kappa shape index (κ3) is 8.93. The zero-order valence-electron chi connectivity index (χ0n) is 13.5. The highest BCUT2D eigenvalue weighted by Gasteiger charge is 2.00. The highest BCUT2D eigenvalue weighted by molar-refractivity contribution is 14.0. The molecule has 0 unspecified atom stereocenters. The second kappa shape index (κ2) is 11.8. The highest BCUT2D eigenvalue weighted by atomic mass is 127. The summed E-state index contributed by atoms with van der Waals surface area (Å²) >= 11 is 0. The number of nitrogens with zero attached hydrogens (tertiary/aromatic N) is 1. The summed E-state index contributed by atoms with van der Waals surface area (Å²) in [6, 6.07) is 8.35. The molecule has 2 N–H and O–H groups in total. The number of methoxy groups -OCH3 is 1. The Hall–Kier alpha value is -0.820. The number of hydrogen-bond acceptors (Lipinski definition) is 2. The van der Waals surface area contributed by atoms with Crippen molar-refractivity contribution in [1.82, 2.24) is 10.6 Å². The van der Waals surface area contributed by atoms with E-state index in [2.05, 4.69) is 54.6 Å². The first-order valence-corrected chi connectivity index (χ1v) is 7.24. The fourth-order valence-electron chi connectivity index (χ4n) is 1.80. The molecule has 0 saturated carbocycles. The highest BCUT2D eigenvalue weighted by Crippen LogP contribution is 2.07. The summed E-state index contributed by atoms with van der Waals surface area (Å²) in [7, 11) is 1.71. The second-order valence-corrected chi connectivity index (χ2v) is 5.22. The van der Waals surface area contributed by atoms with Crippen LogP contribution in [0.5, 0.6) is 0 Å². The number of hydrogen-bond donors (Lipinski definition) is 2. The number of halogens is 1. The molecule has 0 fully saturated rings. The van der Waals surface area contributed by atoms with Gasteiger partial charge in [0, 0.05) is 20.2 Å². The Balaban J connectivity index is 0.00000400. The minimum absolute atomic E-state index is 0. The number of rotatable bonds is 7. The summed E-state index contributed by atoms with van der Waals surface area (Å²) in [6.07, 6.45) is 0. The molecule has 0 bridgehead atoms. The van der Waals surface area contributed by atoms with Crippen LogP contribution in [0.2, 0.25) is 0 Å². The molecule has 0 atom stereocenters. The number of benzene rings is 1. The van der Waals surface area contributed by atoms with E-state index in [9.17, 15) is 0 Å². The largest absolute Gasteiger partial charge is 0.380 e. The zero-order valence-corrected chi connectivity index (χ0v) is 15.8. The molecule has 5 heteroatoms. The maximum absolute atomic E-state index is 5.15. The van der Waals surface area contributed by atoms with Gasteiger partial charge in [0.1, 0.15) is 0 Å². The van der Waals surface area contributed by atoms with Gasteiger partial charge >= 0.3 is 0 Å². The van der Waals surface area contributed by atoms with Gasteiger partial charge in [0.15, 0.2) is 5.96 Å². The van der Waals surface area contributed by atoms with Crippen molar-refractivity contribution in [3.05, 3.63) is 35.4 Å². The van der Waals surface area contributed by atoms with Crippen LogP contribution in [0.1, 0.15) is 31.9 Å². The van der Waals surface area contributed by atoms with Crippen molar-refractivity contribution in [2.24, 2.45) is 10.9 Å². The van der Waals surface area contributed by atoms with Crippen LogP contribution in [-0.2, 0) is 17.9 Å². The van der Waals surface area contributed by atoms with E-state index < -0.39 is 0 Å². The van der Waals surface area contributed by atoms with Gasteiger partial charge in [0.05, 0.1) is 13.2 Å². The summed E-state index contributed by atoms with van der Waals surface area (Å²) in [5.41, 5.74) is 2.38. The summed E-state index contributed by atoms with van der Waals surface area (Å²) in [5.74, 6) is 1.47. The van der Waals surface area contributed by atoms with E-state index >= 15 is 0 Å². The van der Waals surface area contributed by atoms with Crippen LogP contribution in [-0.4, -0.2) is 26.2 Å². The SMILES string of the molecule is CCNC(=NCc1cccc(COC)c1)NCC(C)C.I. The van der Waals surface area contributed by atoms with Crippen LogP contribution >= 0.6 is 24.0 Å². The number of guanidine groups is 1. The lowest BCUT2D eigenvalue weighted by Crippen LogP contribution is -2.39. The first-order chi connectivity index (χ1) is 9.65. The monoisotopic (exact) mass is 405 g/mol. The number of nitrogens with one attached hydrogen (secondary N) is 2. The summed E-state index contributed by atoms with van der Waals surface area (Å²) in [6.45, 7) is 9.55. The van der Waals surface area contributed by atoms with Gasteiger partial charge < -0.3 is 15.4 Å². The van der Waals surface area contributed by atoms with Gasteiger partial charge in [-0.3, -0.25) is 0 Å². The lowest BCUT2D eigenvalue weighted by Gasteiger charge is -2.13. The molecular formula is C16H28IN3O. The summed E-state index contributed by atoms with van der Waals surface area (Å²) in [4.78, 5) is 4.61. The molecule has 0 radical (unpaired) electrons. The molecule has 0 aliphatic carbocycles. The van der Waals surface area contributed by atoms with Crippen LogP contribution < -0.4 is 10.6 Å². The smallest absolute Gasteiger partial charge is 0.191 e. The van der Waals surface area contributed by atoms with E-state index in [0.717, 1.165) is 19.0 Å². The molecule has 1 rings (SSSR count). The van der Waals surface area contributed by atoms with Gasteiger partial charge in [0.25, 0.3) is 0 Å². The normalized spacial score (nSPS) is 11.2. The Bertz CT molecular complexity index is 422. The van der Waals surface area contributed by atoms with Crippen LogP contribution in [0.3, 0.4) is 0 Å². The molecule has 0 aromatic heterocycles. The molecule has 4 nitrogen and oxygen atoms in total. The molecule has 0 saturated heterocycles. The Morgan fingerprint density at radius 3 is 2.57 bits per heavy atom. The van der Waals surface area contributed by atoms with Crippen LogP contribution in [0.15, 0.2) is 29.3 Å². The molecule has 1 aromatic carbocycles. The minimum atomic E-state index is 0. The topological polar surface area (TPSA) is 45.7 Å². The second-order valence-electron chi connectivity index (χ2n) is 5.22. The third-order valence-corrected chi connectivity index (χ3v) is 2.74. The average molecular weight is 405 g/mol. The van der Waals surface area contributed by atoms with E-state index in [1.165, 1.54) is 11.1 Å². The molecule has 0 aliphatic heterocycles. The Morgan fingerprint density at radius 2 is 1.95 bits per heavy atom. The van der Waals surface area contributed by atoms with Crippen LogP contribution in [0.25, 0.3) is 0 Å². The van der Waals surface area contributed by atoms with Crippen molar-refractivity contribution in [3.63, 3.8) is 0 Å². The van der Waals surface area contributed by atoms with Crippen molar-refractivity contribution < 1.29 is 4.74 Å².